The molecule has 0 bridgehead atoms. The molecule has 1 saturated heterocycles. The summed E-state index contributed by atoms with van der Waals surface area (Å²) < 4.78 is 28.1. The molecule has 164 valence electrons. The molecule has 1 fully saturated rings. The molecule has 3 aromatic rings. The van der Waals surface area contributed by atoms with E-state index in [1.807, 2.05) is 0 Å². The summed E-state index contributed by atoms with van der Waals surface area (Å²) in [5.74, 6) is -1.64. The van der Waals surface area contributed by atoms with Crippen LogP contribution in [0.4, 0.5) is 5.69 Å². The lowest BCUT2D eigenvalue weighted by atomic mass is 10.1. The van der Waals surface area contributed by atoms with E-state index in [-0.39, 0.29) is 29.3 Å². The highest BCUT2D eigenvalue weighted by Crippen LogP contribution is 2.28. The first kappa shape index (κ1) is 21.4. The monoisotopic (exact) mass is 454 g/mol. The van der Waals surface area contributed by atoms with Gasteiger partial charge in [0.15, 0.2) is 5.76 Å². The van der Waals surface area contributed by atoms with Gasteiger partial charge in [-0.25, -0.2) is 18.5 Å². The third-order valence-corrected chi connectivity index (χ3v) is 5.92. The molecule has 32 heavy (non-hydrogen) atoms. The number of imide groups is 1. The number of rotatable bonds is 6. The molecule has 0 spiro atoms. The lowest BCUT2D eigenvalue weighted by molar-refractivity contribution is -0.122. The molecule has 1 aromatic carbocycles. The van der Waals surface area contributed by atoms with Crippen molar-refractivity contribution in [3.05, 3.63) is 78.5 Å². The summed E-state index contributed by atoms with van der Waals surface area (Å²) in [7, 11) is -3.92. The van der Waals surface area contributed by atoms with Gasteiger partial charge in [0.25, 0.3) is 11.8 Å². The van der Waals surface area contributed by atoms with E-state index < -0.39 is 33.8 Å². The Kier molecular flexibility index (Phi) is 5.59. The number of nitrogens with two attached hydrogens (primary N) is 1. The van der Waals surface area contributed by atoms with Gasteiger partial charge in [0.2, 0.25) is 15.9 Å². The van der Waals surface area contributed by atoms with Crippen molar-refractivity contribution in [3.8, 4) is 0 Å². The summed E-state index contributed by atoms with van der Waals surface area (Å²) in [4.78, 5) is 45.1. The van der Waals surface area contributed by atoms with Gasteiger partial charge in [0, 0.05) is 18.9 Å². The zero-order valence-electron chi connectivity index (χ0n) is 16.6. The highest BCUT2D eigenvalue weighted by Gasteiger charge is 2.45. The second kappa shape index (κ2) is 8.36. The maximum absolute atomic E-state index is 13.2. The molecule has 11 heteroatoms. The predicted octanol–water partition coefficient (Wildman–Crippen LogP) is 1.30. The van der Waals surface area contributed by atoms with Crippen LogP contribution in [0.1, 0.15) is 22.5 Å². The summed E-state index contributed by atoms with van der Waals surface area (Å²) in [5, 5.41) is 5.10. The number of primary sulfonamides is 1. The molecular weight excluding hydrogens is 436 g/mol. The number of benzene rings is 1. The van der Waals surface area contributed by atoms with Crippen molar-refractivity contribution in [1.82, 2.24) is 9.88 Å². The fourth-order valence-electron chi connectivity index (χ4n) is 3.47. The molecule has 2 aromatic heterocycles. The van der Waals surface area contributed by atoms with Crippen LogP contribution in [0.2, 0.25) is 0 Å². The maximum Gasteiger partial charge on any atom is 0.290 e. The van der Waals surface area contributed by atoms with Gasteiger partial charge in [-0.15, -0.1) is 0 Å². The van der Waals surface area contributed by atoms with Crippen LogP contribution in [0, 0.1) is 0 Å². The van der Waals surface area contributed by atoms with E-state index in [9.17, 15) is 22.8 Å². The summed E-state index contributed by atoms with van der Waals surface area (Å²) in [6.07, 6.45) is 4.26. The fraction of sp³-hybridized carbons (Fsp3) is 0.143. The van der Waals surface area contributed by atoms with E-state index in [1.54, 1.807) is 30.6 Å². The Bertz CT molecular complexity index is 1260. The van der Waals surface area contributed by atoms with Crippen LogP contribution in [-0.4, -0.2) is 42.1 Å². The highest BCUT2D eigenvalue weighted by atomic mass is 32.2. The van der Waals surface area contributed by atoms with E-state index in [0.717, 1.165) is 4.90 Å². The molecule has 4 rings (SSSR count). The molecule has 0 aliphatic carbocycles. The number of hydrogen-bond acceptors (Lipinski definition) is 7. The Morgan fingerprint density at radius 1 is 1.16 bits per heavy atom. The topological polar surface area (TPSA) is 144 Å². The van der Waals surface area contributed by atoms with Gasteiger partial charge in [-0.1, -0.05) is 6.07 Å². The molecule has 1 aliphatic heterocycles. The normalized spacial score (nSPS) is 16.4. The van der Waals surface area contributed by atoms with Crippen LogP contribution in [0.25, 0.3) is 0 Å². The summed E-state index contributed by atoms with van der Waals surface area (Å²) >= 11 is 0. The second-order valence-electron chi connectivity index (χ2n) is 7.10. The Labute approximate surface area is 183 Å². The number of carbonyl (C=O) groups excluding carboxylic acids is 3. The van der Waals surface area contributed by atoms with E-state index >= 15 is 0 Å². The van der Waals surface area contributed by atoms with Crippen LogP contribution in [0.3, 0.4) is 0 Å². The van der Waals surface area contributed by atoms with E-state index in [2.05, 4.69) is 4.98 Å². The quantitative estimate of drug-likeness (QED) is 0.553. The Balaban J connectivity index is 1.65. The zero-order chi connectivity index (χ0) is 22.9. The Morgan fingerprint density at radius 3 is 2.50 bits per heavy atom. The minimum Gasteiger partial charge on any atom is -0.459 e. The maximum atomic E-state index is 13.2. The van der Waals surface area contributed by atoms with Crippen molar-refractivity contribution < 1.29 is 27.2 Å². The number of aromatic nitrogens is 1. The number of furan rings is 1. The standard InChI is InChI=1S/C21H18N4O6S/c22-32(29,30)16-7-5-15(6-8-16)25-19(26)11-17(20(25)27)24(13-14-3-1-9-23-12-14)21(28)18-4-2-10-31-18/h1-10,12,17H,11,13H2,(H2,22,29,30). The number of pyridine rings is 1. The Hall–Kier alpha value is -3.83. The first-order valence-corrected chi connectivity index (χ1v) is 11.0. The molecular formula is C21H18N4O6S. The van der Waals surface area contributed by atoms with Crippen molar-refractivity contribution in [2.24, 2.45) is 5.14 Å². The lowest BCUT2D eigenvalue weighted by Crippen LogP contribution is -2.45. The molecule has 0 radical (unpaired) electrons. The average Bonchev–Trinajstić information content (AvgIpc) is 3.40. The molecule has 1 atom stereocenters. The third-order valence-electron chi connectivity index (χ3n) is 4.99. The first-order chi connectivity index (χ1) is 15.3. The minimum absolute atomic E-state index is 0.0325. The predicted molar refractivity (Wildman–Crippen MR) is 112 cm³/mol. The van der Waals surface area contributed by atoms with Crippen LogP contribution in [0.5, 0.6) is 0 Å². The van der Waals surface area contributed by atoms with Crippen LogP contribution >= 0.6 is 0 Å². The van der Waals surface area contributed by atoms with Crippen molar-refractivity contribution in [3.63, 3.8) is 0 Å². The van der Waals surface area contributed by atoms with Crippen molar-refractivity contribution in [2.75, 3.05) is 4.90 Å². The molecule has 1 aliphatic rings. The summed E-state index contributed by atoms with van der Waals surface area (Å²) in [6.45, 7) is 0.0370. The van der Waals surface area contributed by atoms with Crippen LogP contribution in [-0.2, 0) is 26.2 Å². The summed E-state index contributed by atoms with van der Waals surface area (Å²) in [5.41, 5.74) is 0.852. The van der Waals surface area contributed by atoms with Crippen molar-refractivity contribution >= 4 is 33.4 Å². The van der Waals surface area contributed by atoms with Gasteiger partial charge >= 0.3 is 0 Å². The molecule has 10 nitrogen and oxygen atoms in total. The van der Waals surface area contributed by atoms with Crippen LogP contribution in [0.15, 0.2) is 76.5 Å². The van der Waals surface area contributed by atoms with Gasteiger partial charge in [0.1, 0.15) is 6.04 Å². The van der Waals surface area contributed by atoms with Crippen LogP contribution < -0.4 is 10.0 Å². The van der Waals surface area contributed by atoms with Gasteiger partial charge in [0.05, 0.1) is 23.3 Å². The molecule has 1 unspecified atom stereocenters. The van der Waals surface area contributed by atoms with Gasteiger partial charge in [-0.05, 0) is 48.0 Å². The molecule has 2 N–H and O–H groups in total. The number of carbonyl (C=O) groups is 3. The zero-order valence-corrected chi connectivity index (χ0v) is 17.4. The third kappa shape index (κ3) is 4.15. The van der Waals surface area contributed by atoms with E-state index in [0.29, 0.717) is 5.56 Å². The highest BCUT2D eigenvalue weighted by molar-refractivity contribution is 7.89. The van der Waals surface area contributed by atoms with E-state index in [1.165, 1.54) is 41.5 Å². The average molecular weight is 454 g/mol. The number of hydrogen-bond donors (Lipinski definition) is 1. The molecule has 0 saturated carbocycles. The Morgan fingerprint density at radius 2 is 1.91 bits per heavy atom. The number of sulfonamides is 1. The van der Waals surface area contributed by atoms with Gasteiger partial charge in [-0.3, -0.25) is 19.4 Å². The lowest BCUT2D eigenvalue weighted by Gasteiger charge is -2.27. The minimum atomic E-state index is -3.92. The summed E-state index contributed by atoms with van der Waals surface area (Å²) in [6, 6.07) is 10.5. The largest absolute Gasteiger partial charge is 0.459 e. The number of amides is 3. The smallest absolute Gasteiger partial charge is 0.290 e. The molecule has 3 heterocycles. The number of nitrogens with zero attached hydrogens (tertiary/aromatic N) is 3. The van der Waals surface area contributed by atoms with E-state index in [4.69, 9.17) is 9.56 Å². The molecule has 3 amide bonds. The second-order valence-corrected chi connectivity index (χ2v) is 8.66. The first-order valence-electron chi connectivity index (χ1n) is 9.49. The van der Waals surface area contributed by atoms with Crippen molar-refractivity contribution in [2.45, 2.75) is 23.9 Å². The SMILES string of the molecule is NS(=O)(=O)c1ccc(N2C(=O)CC(N(Cc3cccnc3)C(=O)c3ccco3)C2=O)cc1. The number of anilines is 1. The van der Waals surface area contributed by atoms with Crippen molar-refractivity contribution in [1.29, 1.82) is 0 Å². The fourth-order valence-corrected chi connectivity index (χ4v) is 3.98. The van der Waals surface area contributed by atoms with Gasteiger partial charge in [-0.2, -0.15) is 0 Å². The van der Waals surface area contributed by atoms with Gasteiger partial charge < -0.3 is 9.32 Å².